The average molecular weight is 367 g/mol. The van der Waals surface area contributed by atoms with Gasteiger partial charge in [-0.15, -0.1) is 0 Å². The summed E-state index contributed by atoms with van der Waals surface area (Å²) >= 11 is 12.1. The molecule has 0 bridgehead atoms. The van der Waals surface area contributed by atoms with Gasteiger partial charge in [0.05, 0.1) is 21.8 Å². The first-order chi connectivity index (χ1) is 11.5. The standard InChI is InChI=1S/C18H20Cl2N2O2/c1-11-14(12(2)24-21-11)6-8-18(23)22-9-3-4-17(22)13-5-7-15(19)16(20)10-13/h5,7,10,17H,3-4,6,8-9H2,1-2H3. The molecule has 1 fully saturated rings. The second kappa shape index (κ2) is 7.16. The number of carbonyl (C=O) groups excluding carboxylic acids is 1. The lowest BCUT2D eigenvalue weighted by Crippen LogP contribution is -2.30. The Hall–Kier alpha value is -1.52. The molecule has 128 valence electrons. The number of aromatic nitrogens is 1. The molecule has 0 saturated carbocycles. The molecule has 0 N–H and O–H groups in total. The molecule has 1 aliphatic rings. The van der Waals surface area contributed by atoms with Crippen LogP contribution in [0, 0.1) is 13.8 Å². The van der Waals surface area contributed by atoms with Crippen LogP contribution in [0.3, 0.4) is 0 Å². The maximum absolute atomic E-state index is 12.7. The van der Waals surface area contributed by atoms with Gasteiger partial charge < -0.3 is 9.42 Å². The van der Waals surface area contributed by atoms with E-state index in [0.29, 0.717) is 22.9 Å². The number of benzene rings is 1. The van der Waals surface area contributed by atoms with Crippen LogP contribution in [0.5, 0.6) is 0 Å². The van der Waals surface area contributed by atoms with Crippen molar-refractivity contribution in [3.05, 3.63) is 50.8 Å². The van der Waals surface area contributed by atoms with Crippen LogP contribution in [0.4, 0.5) is 0 Å². The Morgan fingerprint density at radius 1 is 1.33 bits per heavy atom. The van der Waals surface area contributed by atoms with Gasteiger partial charge in [-0.05, 0) is 50.8 Å². The van der Waals surface area contributed by atoms with Crippen LogP contribution in [-0.4, -0.2) is 22.5 Å². The quantitative estimate of drug-likeness (QED) is 0.773. The number of halogens is 2. The lowest BCUT2D eigenvalue weighted by atomic mass is 10.0. The van der Waals surface area contributed by atoms with E-state index < -0.39 is 0 Å². The topological polar surface area (TPSA) is 46.3 Å². The summed E-state index contributed by atoms with van der Waals surface area (Å²) < 4.78 is 5.17. The van der Waals surface area contributed by atoms with Crippen molar-refractivity contribution in [1.82, 2.24) is 10.1 Å². The predicted octanol–water partition coefficient (Wildman–Crippen LogP) is 4.89. The van der Waals surface area contributed by atoms with Crippen molar-refractivity contribution in [3.8, 4) is 0 Å². The molecular formula is C18H20Cl2N2O2. The summed E-state index contributed by atoms with van der Waals surface area (Å²) in [5.74, 6) is 0.950. The third-order valence-corrected chi connectivity index (χ3v) is 5.41. The van der Waals surface area contributed by atoms with Crippen molar-refractivity contribution in [2.45, 2.75) is 45.6 Å². The van der Waals surface area contributed by atoms with Gasteiger partial charge in [-0.25, -0.2) is 0 Å². The highest BCUT2D eigenvalue weighted by Gasteiger charge is 2.30. The largest absolute Gasteiger partial charge is 0.361 e. The minimum Gasteiger partial charge on any atom is -0.361 e. The van der Waals surface area contributed by atoms with Crippen LogP contribution < -0.4 is 0 Å². The van der Waals surface area contributed by atoms with Crippen molar-refractivity contribution in [2.24, 2.45) is 0 Å². The Balaban J connectivity index is 1.70. The molecule has 2 aromatic rings. The number of nitrogens with zero attached hydrogens (tertiary/aromatic N) is 2. The molecule has 3 rings (SSSR count). The molecule has 24 heavy (non-hydrogen) atoms. The molecule has 6 heteroatoms. The van der Waals surface area contributed by atoms with E-state index in [1.54, 1.807) is 6.07 Å². The first-order valence-electron chi connectivity index (χ1n) is 8.13. The van der Waals surface area contributed by atoms with Crippen molar-refractivity contribution in [3.63, 3.8) is 0 Å². The monoisotopic (exact) mass is 366 g/mol. The summed E-state index contributed by atoms with van der Waals surface area (Å²) in [6.07, 6.45) is 3.07. The van der Waals surface area contributed by atoms with E-state index in [1.807, 2.05) is 30.9 Å². The molecule has 1 amide bonds. The van der Waals surface area contributed by atoms with E-state index in [9.17, 15) is 4.79 Å². The molecule has 1 aromatic carbocycles. The van der Waals surface area contributed by atoms with Crippen LogP contribution in [-0.2, 0) is 11.2 Å². The highest BCUT2D eigenvalue weighted by Crippen LogP contribution is 2.35. The van der Waals surface area contributed by atoms with Gasteiger partial charge in [-0.2, -0.15) is 0 Å². The van der Waals surface area contributed by atoms with Gasteiger partial charge in [0.15, 0.2) is 0 Å². The summed E-state index contributed by atoms with van der Waals surface area (Å²) in [7, 11) is 0. The van der Waals surface area contributed by atoms with Gasteiger partial charge in [0.25, 0.3) is 0 Å². The van der Waals surface area contributed by atoms with E-state index in [1.165, 1.54) is 0 Å². The zero-order chi connectivity index (χ0) is 17.3. The number of amides is 1. The first kappa shape index (κ1) is 17.3. The van der Waals surface area contributed by atoms with E-state index in [4.69, 9.17) is 27.7 Å². The summed E-state index contributed by atoms with van der Waals surface area (Å²) in [5.41, 5.74) is 2.95. The Kier molecular flexibility index (Phi) is 5.16. The lowest BCUT2D eigenvalue weighted by molar-refractivity contribution is -0.132. The lowest BCUT2D eigenvalue weighted by Gasteiger charge is -2.25. The van der Waals surface area contributed by atoms with Crippen molar-refractivity contribution in [2.75, 3.05) is 6.54 Å². The zero-order valence-electron chi connectivity index (χ0n) is 13.8. The third kappa shape index (κ3) is 3.45. The molecule has 1 aliphatic heterocycles. The Morgan fingerprint density at radius 3 is 2.79 bits per heavy atom. The number of hydrogen-bond donors (Lipinski definition) is 0. The van der Waals surface area contributed by atoms with Gasteiger partial charge in [-0.3, -0.25) is 4.79 Å². The van der Waals surface area contributed by atoms with Crippen molar-refractivity contribution < 1.29 is 9.32 Å². The molecule has 2 heterocycles. The number of likely N-dealkylation sites (tertiary alicyclic amines) is 1. The number of aryl methyl sites for hydroxylation is 2. The van der Waals surface area contributed by atoms with Crippen molar-refractivity contribution in [1.29, 1.82) is 0 Å². The number of rotatable bonds is 4. The normalized spacial score (nSPS) is 17.5. The number of hydrogen-bond acceptors (Lipinski definition) is 3. The maximum atomic E-state index is 12.7. The maximum Gasteiger partial charge on any atom is 0.223 e. The second-order valence-electron chi connectivity index (χ2n) is 6.22. The summed E-state index contributed by atoms with van der Waals surface area (Å²) in [4.78, 5) is 14.7. The zero-order valence-corrected chi connectivity index (χ0v) is 15.3. The smallest absolute Gasteiger partial charge is 0.223 e. The second-order valence-corrected chi connectivity index (χ2v) is 7.04. The molecule has 1 atom stereocenters. The fourth-order valence-electron chi connectivity index (χ4n) is 3.37. The van der Waals surface area contributed by atoms with E-state index in [2.05, 4.69) is 5.16 Å². The molecule has 0 spiro atoms. The van der Waals surface area contributed by atoms with Gasteiger partial charge in [0, 0.05) is 18.5 Å². The fourth-order valence-corrected chi connectivity index (χ4v) is 3.67. The minimum atomic E-state index is 0.0805. The van der Waals surface area contributed by atoms with Gasteiger partial charge in [0.1, 0.15) is 5.76 Å². The Bertz CT molecular complexity index is 738. The summed E-state index contributed by atoms with van der Waals surface area (Å²) in [6.45, 7) is 4.57. The summed E-state index contributed by atoms with van der Waals surface area (Å²) in [5, 5.41) is 5.01. The first-order valence-corrected chi connectivity index (χ1v) is 8.89. The third-order valence-electron chi connectivity index (χ3n) is 4.67. The SMILES string of the molecule is Cc1noc(C)c1CCC(=O)N1CCCC1c1ccc(Cl)c(Cl)c1. The molecule has 1 aromatic heterocycles. The van der Waals surface area contributed by atoms with Crippen molar-refractivity contribution >= 4 is 29.1 Å². The Labute approximate surface area is 151 Å². The highest BCUT2D eigenvalue weighted by atomic mass is 35.5. The molecule has 1 unspecified atom stereocenters. The minimum absolute atomic E-state index is 0.0805. The molecule has 1 saturated heterocycles. The van der Waals surface area contributed by atoms with Crippen LogP contribution >= 0.6 is 23.2 Å². The van der Waals surface area contributed by atoms with Crippen LogP contribution in [0.15, 0.2) is 22.7 Å². The molecule has 0 aliphatic carbocycles. The van der Waals surface area contributed by atoms with Crippen LogP contribution in [0.2, 0.25) is 10.0 Å². The molecule has 0 radical (unpaired) electrons. The number of carbonyl (C=O) groups is 1. The fraction of sp³-hybridized carbons (Fsp3) is 0.444. The van der Waals surface area contributed by atoms with Gasteiger partial charge in [-0.1, -0.05) is 34.4 Å². The van der Waals surface area contributed by atoms with E-state index >= 15 is 0 Å². The average Bonchev–Trinajstić information content (AvgIpc) is 3.16. The van der Waals surface area contributed by atoms with Crippen LogP contribution in [0.25, 0.3) is 0 Å². The Morgan fingerprint density at radius 2 is 2.12 bits per heavy atom. The predicted molar refractivity (Wildman–Crippen MR) is 94.4 cm³/mol. The molecular weight excluding hydrogens is 347 g/mol. The van der Waals surface area contributed by atoms with E-state index in [-0.39, 0.29) is 11.9 Å². The highest BCUT2D eigenvalue weighted by molar-refractivity contribution is 6.42. The van der Waals surface area contributed by atoms with Gasteiger partial charge >= 0.3 is 0 Å². The van der Waals surface area contributed by atoms with Gasteiger partial charge in [0.2, 0.25) is 5.91 Å². The van der Waals surface area contributed by atoms with E-state index in [0.717, 1.165) is 42.0 Å². The summed E-state index contributed by atoms with van der Waals surface area (Å²) in [6, 6.07) is 5.70. The molecule has 4 nitrogen and oxygen atoms in total. The van der Waals surface area contributed by atoms with Crippen LogP contribution in [0.1, 0.15) is 47.9 Å².